The summed E-state index contributed by atoms with van der Waals surface area (Å²) in [6.45, 7) is 0. The van der Waals surface area contributed by atoms with Crippen molar-refractivity contribution in [2.75, 3.05) is 5.75 Å². The first-order valence-electron chi connectivity index (χ1n) is 7.88. The van der Waals surface area contributed by atoms with Crippen molar-refractivity contribution < 1.29 is 4.79 Å². The molecule has 3 atom stereocenters. The van der Waals surface area contributed by atoms with Gasteiger partial charge >= 0.3 is 0 Å². The second-order valence-corrected chi connectivity index (χ2v) is 8.32. The number of H-pyrrole nitrogens is 1. The quantitative estimate of drug-likeness (QED) is 0.725. The number of aromatic nitrogens is 4. The van der Waals surface area contributed by atoms with Gasteiger partial charge in [-0.2, -0.15) is 5.10 Å². The molecule has 0 aromatic carbocycles. The maximum Gasteiger partial charge on any atom is 0.290 e. The number of fused-ring (bicyclic) bond motifs is 2. The van der Waals surface area contributed by atoms with E-state index >= 15 is 0 Å². The van der Waals surface area contributed by atoms with Crippen molar-refractivity contribution >= 4 is 34.4 Å². The highest BCUT2D eigenvalue weighted by molar-refractivity contribution is 7.99. The van der Waals surface area contributed by atoms with Crippen LogP contribution in [-0.2, 0) is 4.79 Å². The highest BCUT2D eigenvalue weighted by atomic mass is 32.2. The minimum absolute atomic E-state index is 0.243. The van der Waals surface area contributed by atoms with Crippen LogP contribution < -0.4 is 5.56 Å². The van der Waals surface area contributed by atoms with Crippen LogP contribution >= 0.6 is 23.1 Å². The van der Waals surface area contributed by atoms with Gasteiger partial charge in [0, 0.05) is 18.1 Å². The van der Waals surface area contributed by atoms with E-state index in [-0.39, 0.29) is 5.56 Å². The molecule has 1 N–H and O–H groups in total. The molecule has 0 unspecified atom stereocenters. The van der Waals surface area contributed by atoms with Crippen LogP contribution in [0.15, 0.2) is 33.5 Å². The minimum Gasteiger partial charge on any atom is -0.299 e. The Hall–Kier alpha value is -1.93. The number of carbonyl (C=O) groups is 1. The van der Waals surface area contributed by atoms with Gasteiger partial charge in [0.2, 0.25) is 5.16 Å². The lowest BCUT2D eigenvalue weighted by Crippen LogP contribution is -2.15. The Morgan fingerprint density at radius 3 is 3.04 bits per heavy atom. The standard InChI is InChI=1S/C16H14N4O2S2/c21-13-4-8(9-5-10(9)13)7-24-16-18-17-15(22)12-6-11(19-20(12)16)14-2-1-3-23-14/h1-3,6,8-10H,4-5,7H2,(H,17,22)/t8-,9-,10-/m0/s1. The summed E-state index contributed by atoms with van der Waals surface area (Å²) in [4.78, 5) is 24.8. The van der Waals surface area contributed by atoms with Crippen LogP contribution in [-0.4, -0.2) is 31.3 Å². The molecule has 0 radical (unpaired) electrons. The van der Waals surface area contributed by atoms with Gasteiger partial charge in [-0.3, -0.25) is 9.59 Å². The summed E-state index contributed by atoms with van der Waals surface area (Å²) in [7, 11) is 0. The molecule has 3 heterocycles. The summed E-state index contributed by atoms with van der Waals surface area (Å²) in [5, 5.41) is 13.9. The lowest BCUT2D eigenvalue weighted by molar-refractivity contribution is -0.119. The Bertz CT molecular complexity index is 991. The Labute approximate surface area is 145 Å². The highest BCUT2D eigenvalue weighted by Gasteiger charge is 2.53. The first-order valence-corrected chi connectivity index (χ1v) is 9.75. The first-order chi connectivity index (χ1) is 11.7. The number of thiophene rings is 1. The van der Waals surface area contributed by atoms with E-state index < -0.39 is 0 Å². The Morgan fingerprint density at radius 1 is 1.42 bits per heavy atom. The zero-order chi connectivity index (χ0) is 16.3. The van der Waals surface area contributed by atoms with Gasteiger partial charge in [-0.15, -0.1) is 16.4 Å². The number of hydrogen-bond acceptors (Lipinski definition) is 6. The fourth-order valence-corrected chi connectivity index (χ4v) is 5.34. The minimum atomic E-state index is -0.243. The van der Waals surface area contributed by atoms with E-state index in [9.17, 15) is 9.59 Å². The molecule has 0 bridgehead atoms. The van der Waals surface area contributed by atoms with Crippen LogP contribution in [0.1, 0.15) is 12.8 Å². The topological polar surface area (TPSA) is 80.1 Å². The number of rotatable bonds is 4. The molecule has 5 rings (SSSR count). The number of aromatic amines is 1. The number of thioether (sulfide) groups is 1. The Kier molecular flexibility index (Phi) is 3.18. The molecule has 122 valence electrons. The number of nitrogens with zero attached hydrogens (tertiary/aromatic N) is 3. The highest BCUT2D eigenvalue weighted by Crippen LogP contribution is 2.54. The molecule has 3 aromatic rings. The van der Waals surface area contributed by atoms with Gasteiger partial charge in [-0.05, 0) is 35.8 Å². The summed E-state index contributed by atoms with van der Waals surface area (Å²) < 4.78 is 1.62. The molecule has 0 aliphatic heterocycles. The van der Waals surface area contributed by atoms with Crippen LogP contribution in [0.5, 0.6) is 0 Å². The van der Waals surface area contributed by atoms with Crippen molar-refractivity contribution in [2.24, 2.45) is 17.8 Å². The monoisotopic (exact) mass is 358 g/mol. The molecule has 3 aromatic heterocycles. The van der Waals surface area contributed by atoms with Gasteiger partial charge in [0.25, 0.3) is 5.56 Å². The van der Waals surface area contributed by atoms with Crippen LogP contribution in [0.3, 0.4) is 0 Å². The molecule has 24 heavy (non-hydrogen) atoms. The summed E-state index contributed by atoms with van der Waals surface area (Å²) >= 11 is 3.16. The van der Waals surface area contributed by atoms with Crippen molar-refractivity contribution in [3.63, 3.8) is 0 Å². The maximum atomic E-state index is 12.0. The van der Waals surface area contributed by atoms with E-state index in [2.05, 4.69) is 15.3 Å². The number of carbonyl (C=O) groups excluding carboxylic acids is 1. The number of nitrogens with one attached hydrogen (secondary N) is 1. The summed E-state index contributed by atoms with van der Waals surface area (Å²) in [6.07, 6.45) is 1.75. The van der Waals surface area contributed by atoms with Gasteiger partial charge in [-0.25, -0.2) is 9.61 Å². The molecular formula is C16H14N4O2S2. The second kappa shape index (κ2) is 5.29. The smallest absolute Gasteiger partial charge is 0.290 e. The van der Waals surface area contributed by atoms with Crippen molar-refractivity contribution in [1.82, 2.24) is 19.8 Å². The Morgan fingerprint density at radius 2 is 2.33 bits per heavy atom. The van der Waals surface area contributed by atoms with Crippen LogP contribution in [0.4, 0.5) is 0 Å². The Balaban J connectivity index is 1.46. The number of ketones is 1. The molecule has 8 heteroatoms. The van der Waals surface area contributed by atoms with Gasteiger partial charge in [0.1, 0.15) is 17.0 Å². The fraction of sp³-hybridized carbons (Fsp3) is 0.375. The first kappa shape index (κ1) is 14.4. The summed E-state index contributed by atoms with van der Waals surface area (Å²) in [5.41, 5.74) is 1.04. The van der Waals surface area contributed by atoms with Crippen molar-refractivity contribution in [3.8, 4) is 10.6 Å². The molecule has 6 nitrogen and oxygen atoms in total. The van der Waals surface area contributed by atoms with E-state index in [4.69, 9.17) is 0 Å². The predicted octanol–water partition coefficient (Wildman–Crippen LogP) is 2.46. The average Bonchev–Trinajstić information content (AvgIpc) is 2.93. The number of hydrogen-bond donors (Lipinski definition) is 1. The molecule has 2 aliphatic carbocycles. The molecule has 2 fully saturated rings. The molecule has 2 saturated carbocycles. The van der Waals surface area contributed by atoms with Crippen molar-refractivity contribution in [2.45, 2.75) is 18.0 Å². The van der Waals surface area contributed by atoms with Crippen molar-refractivity contribution in [3.05, 3.63) is 33.9 Å². The lowest BCUT2D eigenvalue weighted by Gasteiger charge is -2.09. The third-order valence-electron chi connectivity index (χ3n) is 4.90. The fourth-order valence-electron chi connectivity index (χ4n) is 3.56. The lowest BCUT2D eigenvalue weighted by atomic mass is 10.1. The molecule has 0 saturated heterocycles. The van der Waals surface area contributed by atoms with E-state index in [0.29, 0.717) is 40.6 Å². The molecule has 2 aliphatic rings. The van der Waals surface area contributed by atoms with E-state index in [0.717, 1.165) is 22.7 Å². The SMILES string of the molecule is O=C1C[C@@H](CSc2n[nH]c(=O)c3cc(-c4cccs4)nn23)[C@@H]2C[C@H]12. The number of Topliss-reactive ketones (excluding diaryl/α,β-unsaturated/α-hetero) is 1. The zero-order valence-corrected chi connectivity index (χ0v) is 14.3. The largest absolute Gasteiger partial charge is 0.299 e. The average molecular weight is 358 g/mol. The summed E-state index contributed by atoms with van der Waals surface area (Å²) in [5.74, 6) is 2.60. The van der Waals surface area contributed by atoms with Crippen LogP contribution in [0.2, 0.25) is 0 Å². The molecular weight excluding hydrogens is 344 g/mol. The maximum absolute atomic E-state index is 12.0. The van der Waals surface area contributed by atoms with Gasteiger partial charge in [0.15, 0.2) is 0 Å². The van der Waals surface area contributed by atoms with Crippen LogP contribution in [0, 0.1) is 17.8 Å². The van der Waals surface area contributed by atoms with E-state index in [1.54, 1.807) is 33.7 Å². The second-order valence-electron chi connectivity index (χ2n) is 6.39. The van der Waals surface area contributed by atoms with Gasteiger partial charge < -0.3 is 0 Å². The summed E-state index contributed by atoms with van der Waals surface area (Å²) in [6, 6.07) is 5.75. The van der Waals surface area contributed by atoms with Crippen LogP contribution in [0.25, 0.3) is 16.1 Å². The van der Waals surface area contributed by atoms with Gasteiger partial charge in [-0.1, -0.05) is 17.8 Å². The predicted molar refractivity (Wildman–Crippen MR) is 92.4 cm³/mol. The zero-order valence-electron chi connectivity index (χ0n) is 12.6. The van der Waals surface area contributed by atoms with Gasteiger partial charge in [0.05, 0.1) is 4.88 Å². The third-order valence-corrected chi connectivity index (χ3v) is 6.91. The van der Waals surface area contributed by atoms with E-state index in [1.807, 2.05) is 17.5 Å². The molecule has 0 spiro atoms. The normalized spacial score (nSPS) is 25.3. The van der Waals surface area contributed by atoms with E-state index in [1.165, 1.54) is 0 Å². The molecule has 0 amide bonds. The third kappa shape index (κ3) is 2.24. The van der Waals surface area contributed by atoms with Crippen molar-refractivity contribution in [1.29, 1.82) is 0 Å².